The Labute approximate surface area is 118 Å². The Balaban J connectivity index is 2.41. The first kappa shape index (κ1) is 14.1. The minimum Gasteiger partial charge on any atom is -0.245 e. The van der Waals surface area contributed by atoms with Crippen LogP contribution >= 0.6 is 15.9 Å². The van der Waals surface area contributed by atoms with Crippen LogP contribution in [0.3, 0.4) is 0 Å². The molecule has 2 rings (SSSR count). The molecular formula is C13H14BrF2N3. The van der Waals surface area contributed by atoms with Gasteiger partial charge in [-0.25, -0.2) is 18.4 Å². The molecule has 0 aliphatic heterocycles. The third-order valence-corrected chi connectivity index (χ3v) is 3.48. The van der Waals surface area contributed by atoms with E-state index in [1.807, 2.05) is 13.8 Å². The topological polar surface area (TPSA) is 30.7 Å². The first-order chi connectivity index (χ1) is 9.06. The largest absolute Gasteiger partial charge is 0.245 e. The lowest BCUT2D eigenvalue weighted by atomic mass is 10.2. The summed E-state index contributed by atoms with van der Waals surface area (Å²) in [6.07, 6.45) is 1.37. The molecular weight excluding hydrogens is 316 g/mol. The van der Waals surface area contributed by atoms with E-state index in [0.717, 1.165) is 5.82 Å². The molecule has 0 aliphatic rings. The van der Waals surface area contributed by atoms with Crippen molar-refractivity contribution in [3.63, 3.8) is 0 Å². The van der Waals surface area contributed by atoms with E-state index in [0.29, 0.717) is 18.7 Å². The maximum absolute atomic E-state index is 13.9. The Bertz CT molecular complexity index is 596. The zero-order valence-corrected chi connectivity index (χ0v) is 12.3. The summed E-state index contributed by atoms with van der Waals surface area (Å²) in [5.41, 5.74) is -0.00312. The van der Waals surface area contributed by atoms with Gasteiger partial charge in [-0.15, -0.1) is 0 Å². The van der Waals surface area contributed by atoms with E-state index in [1.165, 1.54) is 12.1 Å². The molecule has 2 aromatic rings. The predicted octanol–water partition coefficient (Wildman–Crippen LogP) is 3.49. The lowest BCUT2D eigenvalue weighted by molar-refractivity contribution is 0.521. The van der Waals surface area contributed by atoms with Crippen molar-refractivity contribution < 1.29 is 8.78 Å². The second-order valence-corrected chi connectivity index (χ2v) is 4.99. The van der Waals surface area contributed by atoms with E-state index in [1.54, 1.807) is 4.68 Å². The van der Waals surface area contributed by atoms with Gasteiger partial charge in [-0.2, -0.15) is 5.10 Å². The number of hydrogen-bond acceptors (Lipinski definition) is 2. The lowest BCUT2D eigenvalue weighted by Gasteiger charge is -2.08. The van der Waals surface area contributed by atoms with E-state index in [4.69, 9.17) is 0 Å². The van der Waals surface area contributed by atoms with Gasteiger partial charge in [0.1, 0.15) is 17.5 Å². The molecule has 0 radical (unpaired) electrons. The highest BCUT2D eigenvalue weighted by molar-refractivity contribution is 9.10. The Kier molecular flexibility index (Phi) is 4.29. The highest BCUT2D eigenvalue weighted by Gasteiger charge is 2.15. The average Bonchev–Trinajstić information content (AvgIpc) is 2.81. The first-order valence-corrected chi connectivity index (χ1v) is 6.91. The number of benzene rings is 1. The van der Waals surface area contributed by atoms with Crippen molar-refractivity contribution in [1.82, 2.24) is 14.8 Å². The van der Waals surface area contributed by atoms with Gasteiger partial charge in [0.2, 0.25) is 0 Å². The lowest BCUT2D eigenvalue weighted by Crippen LogP contribution is -2.10. The Hall–Kier alpha value is -1.30. The van der Waals surface area contributed by atoms with Crippen LogP contribution in [-0.4, -0.2) is 14.8 Å². The van der Waals surface area contributed by atoms with Gasteiger partial charge in [0, 0.05) is 18.4 Å². The molecule has 0 amide bonds. The van der Waals surface area contributed by atoms with Gasteiger partial charge < -0.3 is 0 Å². The minimum atomic E-state index is -0.587. The van der Waals surface area contributed by atoms with Gasteiger partial charge in [-0.05, 0) is 28.1 Å². The Morgan fingerprint density at radius 3 is 2.58 bits per heavy atom. The molecule has 1 aromatic carbocycles. The zero-order valence-electron chi connectivity index (χ0n) is 10.8. The fraction of sp³-hybridized carbons (Fsp3) is 0.385. The summed E-state index contributed by atoms with van der Waals surface area (Å²) < 4.78 is 29.5. The van der Waals surface area contributed by atoms with E-state index in [2.05, 4.69) is 26.0 Å². The highest BCUT2D eigenvalue weighted by Crippen LogP contribution is 2.22. The van der Waals surface area contributed by atoms with Crippen molar-refractivity contribution in [2.45, 2.75) is 33.2 Å². The Morgan fingerprint density at radius 2 is 1.95 bits per heavy atom. The van der Waals surface area contributed by atoms with Crippen molar-refractivity contribution in [3.8, 4) is 0 Å². The van der Waals surface area contributed by atoms with Crippen LogP contribution in [0.5, 0.6) is 0 Å². The fourth-order valence-corrected chi connectivity index (χ4v) is 2.20. The molecule has 1 heterocycles. The van der Waals surface area contributed by atoms with Crippen LogP contribution in [0.25, 0.3) is 0 Å². The molecule has 0 saturated heterocycles. The summed E-state index contributed by atoms with van der Waals surface area (Å²) in [5.74, 6) is 0.259. The van der Waals surface area contributed by atoms with Crippen molar-refractivity contribution in [2.75, 3.05) is 0 Å². The van der Waals surface area contributed by atoms with E-state index in [-0.39, 0.29) is 16.6 Å². The quantitative estimate of drug-likeness (QED) is 0.804. The van der Waals surface area contributed by atoms with Gasteiger partial charge >= 0.3 is 0 Å². The van der Waals surface area contributed by atoms with Crippen LogP contribution in [0, 0.1) is 11.6 Å². The van der Waals surface area contributed by atoms with Gasteiger partial charge in [0.05, 0.1) is 11.0 Å². The maximum atomic E-state index is 13.9. The molecule has 0 saturated carbocycles. The van der Waals surface area contributed by atoms with Gasteiger partial charge in [0.25, 0.3) is 0 Å². The average molecular weight is 330 g/mol. The number of halogens is 3. The number of aromatic nitrogens is 3. The number of aryl methyl sites for hydroxylation is 2. The molecule has 0 unspecified atom stereocenters. The summed E-state index contributed by atoms with van der Waals surface area (Å²) in [4.78, 5) is 4.32. The standard InChI is InChI=1S/C13H14BrF2N3/c1-3-11-17-12(4-2)19(18-11)7-8-10(15)6-5-9(14)13(8)16/h5-6H,3-4,7H2,1-2H3. The van der Waals surface area contributed by atoms with Crippen molar-refractivity contribution in [2.24, 2.45) is 0 Å². The van der Waals surface area contributed by atoms with Crippen LogP contribution in [0.4, 0.5) is 8.78 Å². The number of rotatable bonds is 4. The van der Waals surface area contributed by atoms with Crippen molar-refractivity contribution >= 4 is 15.9 Å². The molecule has 0 spiro atoms. The fourth-order valence-electron chi connectivity index (χ4n) is 1.83. The van der Waals surface area contributed by atoms with Crippen LogP contribution < -0.4 is 0 Å². The molecule has 1 aromatic heterocycles. The third-order valence-electron chi connectivity index (χ3n) is 2.87. The SMILES string of the molecule is CCc1nc(CC)n(Cc2c(F)ccc(Br)c2F)n1. The summed E-state index contributed by atoms with van der Waals surface area (Å²) in [6, 6.07) is 2.60. The number of nitrogens with zero attached hydrogens (tertiary/aromatic N) is 3. The van der Waals surface area contributed by atoms with Crippen LogP contribution in [0.2, 0.25) is 0 Å². The molecule has 0 bridgehead atoms. The van der Waals surface area contributed by atoms with Crippen LogP contribution in [-0.2, 0) is 19.4 Å². The molecule has 0 aliphatic carbocycles. The highest BCUT2D eigenvalue weighted by atomic mass is 79.9. The van der Waals surface area contributed by atoms with Crippen LogP contribution in [0.1, 0.15) is 31.1 Å². The second kappa shape index (κ2) is 5.77. The second-order valence-electron chi connectivity index (χ2n) is 4.13. The predicted molar refractivity (Wildman–Crippen MR) is 71.9 cm³/mol. The van der Waals surface area contributed by atoms with E-state index in [9.17, 15) is 8.78 Å². The summed E-state index contributed by atoms with van der Waals surface area (Å²) in [6.45, 7) is 3.93. The molecule has 0 fully saturated rings. The van der Waals surface area contributed by atoms with Gasteiger partial charge in [-0.1, -0.05) is 13.8 Å². The number of hydrogen-bond donors (Lipinski definition) is 0. The van der Waals surface area contributed by atoms with E-state index >= 15 is 0 Å². The van der Waals surface area contributed by atoms with Gasteiger partial charge in [-0.3, -0.25) is 0 Å². The molecule has 0 atom stereocenters. The molecule has 6 heteroatoms. The molecule has 0 N–H and O–H groups in total. The summed E-state index contributed by atoms with van der Waals surface area (Å²) in [5, 5.41) is 4.26. The minimum absolute atomic E-state index is 0.00312. The maximum Gasteiger partial charge on any atom is 0.150 e. The zero-order chi connectivity index (χ0) is 14.0. The van der Waals surface area contributed by atoms with E-state index < -0.39 is 11.6 Å². The molecule has 102 valence electrons. The first-order valence-electron chi connectivity index (χ1n) is 6.11. The molecule has 3 nitrogen and oxygen atoms in total. The smallest absolute Gasteiger partial charge is 0.150 e. The molecule has 19 heavy (non-hydrogen) atoms. The van der Waals surface area contributed by atoms with Crippen molar-refractivity contribution in [1.29, 1.82) is 0 Å². The normalized spacial score (nSPS) is 11.0. The van der Waals surface area contributed by atoms with Crippen molar-refractivity contribution in [3.05, 3.63) is 45.5 Å². The summed E-state index contributed by atoms with van der Waals surface area (Å²) in [7, 11) is 0. The summed E-state index contributed by atoms with van der Waals surface area (Å²) >= 11 is 3.06. The Morgan fingerprint density at radius 1 is 1.21 bits per heavy atom. The van der Waals surface area contributed by atoms with Crippen LogP contribution in [0.15, 0.2) is 16.6 Å². The van der Waals surface area contributed by atoms with Gasteiger partial charge in [0.15, 0.2) is 5.82 Å². The third kappa shape index (κ3) is 2.83. The monoisotopic (exact) mass is 329 g/mol.